The third-order valence-corrected chi connectivity index (χ3v) is 10.3. The third-order valence-electron chi connectivity index (χ3n) is 4.61. The highest BCUT2D eigenvalue weighted by atomic mass is 32.3. The van der Waals surface area contributed by atoms with Crippen molar-refractivity contribution < 1.29 is 25.9 Å². The van der Waals surface area contributed by atoms with Crippen molar-refractivity contribution in [3.63, 3.8) is 0 Å². The molecule has 0 fully saturated rings. The first-order valence-electron chi connectivity index (χ1n) is 9.17. The van der Waals surface area contributed by atoms with Crippen molar-refractivity contribution in [1.29, 1.82) is 0 Å². The first-order chi connectivity index (χ1) is 15.2. The smallest absolute Gasteiger partial charge is 0.296 e. The van der Waals surface area contributed by atoms with E-state index in [-0.39, 0.29) is 13.1 Å². The molecule has 0 aliphatic carbocycles. The van der Waals surface area contributed by atoms with Crippen LogP contribution >= 0.6 is 23.5 Å². The molecule has 2 aliphatic heterocycles. The topological polar surface area (TPSA) is 140 Å². The number of rotatable bonds is 7. The highest BCUT2D eigenvalue weighted by molar-refractivity contribution is 8.12. The van der Waals surface area contributed by atoms with Gasteiger partial charge in [-0.15, -0.1) is 0 Å². The molecule has 0 saturated heterocycles. The summed E-state index contributed by atoms with van der Waals surface area (Å²) in [7, 11) is -8.65. The van der Waals surface area contributed by atoms with Crippen LogP contribution < -0.4 is 9.80 Å². The Labute approximate surface area is 193 Å². The molecule has 10 nitrogen and oxygen atoms in total. The molecule has 0 amide bonds. The fourth-order valence-corrected chi connectivity index (χ4v) is 7.97. The van der Waals surface area contributed by atoms with Crippen molar-refractivity contribution in [2.24, 2.45) is 10.2 Å². The van der Waals surface area contributed by atoms with Gasteiger partial charge in [0.1, 0.15) is 0 Å². The molecule has 32 heavy (non-hydrogen) atoms. The van der Waals surface area contributed by atoms with Crippen LogP contribution in [-0.2, 0) is 20.2 Å². The standard InChI is InChI=1S/C18H18N4O6S4/c23-31(24,25)17-21(13-5-1-3-7-15(13)29-17)11-9-19-20-10-12-22-14-6-2-4-8-16(14)30-18(22)32(26,27)28/h1-10,17-18H,11-12H2,(H,23,24,25)(H,26,27,28). The van der Waals surface area contributed by atoms with E-state index in [4.69, 9.17) is 0 Å². The fraction of sp³-hybridized carbons (Fsp3) is 0.222. The minimum Gasteiger partial charge on any atom is -0.338 e. The van der Waals surface area contributed by atoms with E-state index in [0.717, 1.165) is 33.3 Å². The zero-order valence-corrected chi connectivity index (χ0v) is 19.6. The first-order valence-corrected chi connectivity index (χ1v) is 13.9. The van der Waals surface area contributed by atoms with Gasteiger partial charge in [-0.3, -0.25) is 9.11 Å². The van der Waals surface area contributed by atoms with Crippen LogP contribution in [0.2, 0.25) is 0 Å². The molecule has 2 aliphatic rings. The maximum Gasteiger partial charge on any atom is 0.296 e. The molecular formula is C18H18N4O6S4. The lowest BCUT2D eigenvalue weighted by Gasteiger charge is -2.22. The molecule has 0 saturated carbocycles. The number of benzene rings is 2. The number of hydrogen-bond acceptors (Lipinski definition) is 10. The largest absolute Gasteiger partial charge is 0.338 e. The van der Waals surface area contributed by atoms with Gasteiger partial charge in [0.05, 0.1) is 24.5 Å². The summed E-state index contributed by atoms with van der Waals surface area (Å²) in [5, 5.41) is 7.80. The van der Waals surface area contributed by atoms with E-state index >= 15 is 0 Å². The monoisotopic (exact) mass is 514 g/mol. The molecule has 2 unspecified atom stereocenters. The van der Waals surface area contributed by atoms with Gasteiger partial charge < -0.3 is 9.80 Å². The van der Waals surface area contributed by atoms with Crippen LogP contribution in [0.5, 0.6) is 0 Å². The zero-order chi connectivity index (χ0) is 22.9. The second kappa shape index (κ2) is 9.03. The summed E-state index contributed by atoms with van der Waals surface area (Å²) in [5.74, 6) is 0. The van der Waals surface area contributed by atoms with E-state index in [1.54, 1.807) is 48.5 Å². The number of hydrogen-bond donors (Lipinski definition) is 2. The summed E-state index contributed by atoms with van der Waals surface area (Å²) in [5.41, 5.74) is 1.33. The summed E-state index contributed by atoms with van der Waals surface area (Å²) < 4.78 is 63.7. The molecule has 14 heteroatoms. The van der Waals surface area contributed by atoms with Crippen LogP contribution in [0, 0.1) is 0 Å². The van der Waals surface area contributed by atoms with Crippen LogP contribution in [0.3, 0.4) is 0 Å². The summed E-state index contributed by atoms with van der Waals surface area (Å²) in [6, 6.07) is 14.1. The van der Waals surface area contributed by atoms with Crippen molar-refractivity contribution in [3.8, 4) is 0 Å². The van der Waals surface area contributed by atoms with E-state index in [0.29, 0.717) is 11.4 Å². The predicted molar refractivity (Wildman–Crippen MR) is 127 cm³/mol. The van der Waals surface area contributed by atoms with E-state index < -0.39 is 29.6 Å². The maximum atomic E-state index is 11.7. The molecule has 2 N–H and O–H groups in total. The van der Waals surface area contributed by atoms with Gasteiger partial charge in [0.2, 0.25) is 9.41 Å². The lowest BCUT2D eigenvalue weighted by atomic mass is 10.3. The minimum atomic E-state index is -4.33. The average molecular weight is 515 g/mol. The molecule has 0 bridgehead atoms. The van der Waals surface area contributed by atoms with Gasteiger partial charge in [0.25, 0.3) is 20.2 Å². The molecule has 2 atom stereocenters. The molecule has 4 rings (SSSR count). The quantitative estimate of drug-likeness (QED) is 0.322. The molecule has 170 valence electrons. The Morgan fingerprint density at radius 2 is 1.12 bits per heavy atom. The first kappa shape index (κ1) is 23.1. The maximum absolute atomic E-state index is 11.7. The summed E-state index contributed by atoms with van der Waals surface area (Å²) in [6.07, 6.45) is 2.79. The van der Waals surface area contributed by atoms with Crippen LogP contribution in [0.1, 0.15) is 0 Å². The predicted octanol–water partition coefficient (Wildman–Crippen LogP) is 2.61. The van der Waals surface area contributed by atoms with Crippen molar-refractivity contribution >= 4 is 67.6 Å². The lowest BCUT2D eigenvalue weighted by molar-refractivity contribution is 0.477. The molecule has 0 spiro atoms. The van der Waals surface area contributed by atoms with Crippen LogP contribution in [0.25, 0.3) is 0 Å². The Bertz CT molecular complexity index is 1180. The number of fused-ring (bicyclic) bond motifs is 2. The van der Waals surface area contributed by atoms with Crippen molar-refractivity contribution in [1.82, 2.24) is 0 Å². The van der Waals surface area contributed by atoms with Crippen molar-refractivity contribution in [2.75, 3.05) is 22.9 Å². The van der Waals surface area contributed by atoms with Gasteiger partial charge in [-0.1, -0.05) is 47.8 Å². The van der Waals surface area contributed by atoms with E-state index in [9.17, 15) is 25.9 Å². The molecule has 2 aromatic rings. The third kappa shape index (κ3) is 4.79. The minimum absolute atomic E-state index is 0.0852. The normalized spacial score (nSPS) is 20.9. The van der Waals surface area contributed by atoms with E-state index in [2.05, 4.69) is 10.2 Å². The molecule has 2 heterocycles. The lowest BCUT2D eigenvalue weighted by Crippen LogP contribution is -2.37. The van der Waals surface area contributed by atoms with Crippen molar-refractivity contribution in [2.45, 2.75) is 19.2 Å². The number of anilines is 2. The molecule has 0 aromatic heterocycles. The van der Waals surface area contributed by atoms with Gasteiger partial charge in [-0.05, 0) is 24.3 Å². The van der Waals surface area contributed by atoms with Crippen LogP contribution in [0.15, 0.2) is 68.5 Å². The summed E-state index contributed by atoms with van der Waals surface area (Å²) in [6.45, 7) is 0.170. The van der Waals surface area contributed by atoms with E-state index in [1.807, 2.05) is 0 Å². The SMILES string of the molecule is O=S(=O)(O)C1Sc2ccccc2N1CC=NN=CCN1c2ccccc2SC1S(=O)(=O)O. The second-order valence-corrected chi connectivity index (χ2v) is 12.5. The Balaban J connectivity index is 1.43. The highest BCUT2D eigenvalue weighted by Crippen LogP contribution is 2.45. The molecular weight excluding hydrogens is 496 g/mol. The van der Waals surface area contributed by atoms with Crippen LogP contribution in [-0.4, -0.2) is 60.9 Å². The van der Waals surface area contributed by atoms with Gasteiger partial charge in [0.15, 0.2) is 0 Å². The Hall–Kier alpha value is -2.10. The van der Waals surface area contributed by atoms with Gasteiger partial charge in [-0.25, -0.2) is 0 Å². The number of nitrogens with zero attached hydrogens (tertiary/aromatic N) is 4. The van der Waals surface area contributed by atoms with Gasteiger partial charge in [-0.2, -0.15) is 27.0 Å². The Kier molecular flexibility index (Phi) is 6.51. The van der Waals surface area contributed by atoms with Gasteiger partial charge in [0, 0.05) is 22.2 Å². The highest BCUT2D eigenvalue weighted by Gasteiger charge is 2.39. The number of para-hydroxylation sites is 2. The van der Waals surface area contributed by atoms with E-state index in [1.165, 1.54) is 22.2 Å². The van der Waals surface area contributed by atoms with Crippen molar-refractivity contribution in [3.05, 3.63) is 48.5 Å². The second-order valence-electron chi connectivity index (χ2n) is 6.72. The Morgan fingerprint density at radius 3 is 1.50 bits per heavy atom. The summed E-state index contributed by atoms with van der Waals surface area (Å²) in [4.78, 5) is 4.45. The van der Waals surface area contributed by atoms with Crippen LogP contribution in [0.4, 0.5) is 11.4 Å². The number of thioether (sulfide) groups is 2. The molecule has 2 aromatic carbocycles. The average Bonchev–Trinajstić information content (AvgIpc) is 3.29. The summed E-state index contributed by atoms with van der Waals surface area (Å²) >= 11 is 2.06. The Morgan fingerprint density at radius 1 is 0.750 bits per heavy atom. The fourth-order valence-electron chi connectivity index (χ4n) is 3.32. The molecule has 0 radical (unpaired) electrons. The zero-order valence-electron chi connectivity index (χ0n) is 16.3. The van der Waals surface area contributed by atoms with Gasteiger partial charge >= 0.3 is 0 Å².